The number of aliphatic carboxylic acids is 1. The molecular weight excluding hydrogens is 273 g/mol. The van der Waals surface area contributed by atoms with E-state index in [1.54, 1.807) is 13.0 Å². The minimum absolute atomic E-state index is 0.0573. The van der Waals surface area contributed by atoms with E-state index in [9.17, 15) is 19.1 Å². The number of carboxylic acid groups (broad SMARTS) is 1. The van der Waals surface area contributed by atoms with Gasteiger partial charge in [-0.05, 0) is 31.9 Å². The van der Waals surface area contributed by atoms with Gasteiger partial charge in [-0.25, -0.2) is 4.39 Å². The van der Waals surface area contributed by atoms with Crippen molar-refractivity contribution in [2.75, 3.05) is 5.32 Å². The molecule has 0 bridgehead atoms. The lowest BCUT2D eigenvalue weighted by atomic mass is 9.71. The molecule has 0 aromatic heterocycles. The van der Waals surface area contributed by atoms with E-state index in [4.69, 9.17) is 0 Å². The van der Waals surface area contributed by atoms with Crippen LogP contribution in [0.1, 0.15) is 44.1 Å². The van der Waals surface area contributed by atoms with Gasteiger partial charge in [0.1, 0.15) is 5.82 Å². The van der Waals surface area contributed by atoms with Crippen molar-refractivity contribution in [3.8, 4) is 0 Å². The van der Waals surface area contributed by atoms with Crippen molar-refractivity contribution in [2.45, 2.75) is 45.4 Å². The van der Waals surface area contributed by atoms with Gasteiger partial charge in [-0.1, -0.05) is 25.3 Å². The van der Waals surface area contributed by atoms with Crippen LogP contribution in [0.2, 0.25) is 0 Å². The number of hydrogen-bond donors (Lipinski definition) is 2. The predicted octanol–water partition coefficient (Wildman–Crippen LogP) is 3.50. The normalized spacial score (nSPS) is 17.2. The Morgan fingerprint density at radius 2 is 1.95 bits per heavy atom. The molecule has 0 unspecified atom stereocenters. The maximum atomic E-state index is 13.4. The number of carboxylic acids is 1. The van der Waals surface area contributed by atoms with E-state index >= 15 is 0 Å². The van der Waals surface area contributed by atoms with Gasteiger partial charge >= 0.3 is 5.97 Å². The topological polar surface area (TPSA) is 66.4 Å². The van der Waals surface area contributed by atoms with Crippen LogP contribution < -0.4 is 5.32 Å². The van der Waals surface area contributed by atoms with Crippen molar-refractivity contribution in [2.24, 2.45) is 5.41 Å². The van der Waals surface area contributed by atoms with Crippen LogP contribution in [0.25, 0.3) is 0 Å². The Morgan fingerprint density at radius 1 is 1.29 bits per heavy atom. The first kappa shape index (κ1) is 15.5. The fourth-order valence-electron chi connectivity index (χ4n) is 2.94. The zero-order chi connectivity index (χ0) is 15.5. The Kier molecular flexibility index (Phi) is 4.60. The molecule has 1 aliphatic rings. The zero-order valence-corrected chi connectivity index (χ0v) is 12.1. The summed E-state index contributed by atoms with van der Waals surface area (Å²) in [5.74, 6) is -1.67. The smallest absolute Gasteiger partial charge is 0.310 e. The van der Waals surface area contributed by atoms with Crippen LogP contribution in [0.4, 0.5) is 10.1 Å². The van der Waals surface area contributed by atoms with Crippen molar-refractivity contribution in [1.82, 2.24) is 0 Å². The Hall–Kier alpha value is -1.91. The fourth-order valence-corrected chi connectivity index (χ4v) is 2.94. The largest absolute Gasteiger partial charge is 0.481 e. The molecule has 5 heteroatoms. The molecule has 0 radical (unpaired) electrons. The molecule has 0 aliphatic heterocycles. The molecule has 2 rings (SSSR count). The highest BCUT2D eigenvalue weighted by molar-refractivity contribution is 5.94. The third-order valence-electron chi connectivity index (χ3n) is 4.31. The summed E-state index contributed by atoms with van der Waals surface area (Å²) in [5.41, 5.74) is -0.209. The molecule has 21 heavy (non-hydrogen) atoms. The van der Waals surface area contributed by atoms with E-state index in [-0.39, 0.29) is 12.3 Å². The van der Waals surface area contributed by atoms with Crippen LogP contribution >= 0.6 is 0 Å². The van der Waals surface area contributed by atoms with E-state index < -0.39 is 17.2 Å². The van der Waals surface area contributed by atoms with Crippen LogP contribution in [0, 0.1) is 18.2 Å². The van der Waals surface area contributed by atoms with E-state index in [1.165, 1.54) is 12.1 Å². The number of benzene rings is 1. The molecule has 0 saturated heterocycles. The van der Waals surface area contributed by atoms with Gasteiger partial charge in [-0.3, -0.25) is 9.59 Å². The van der Waals surface area contributed by atoms with Crippen molar-refractivity contribution in [1.29, 1.82) is 0 Å². The molecule has 0 spiro atoms. The lowest BCUT2D eigenvalue weighted by Gasteiger charge is -2.32. The number of anilines is 1. The van der Waals surface area contributed by atoms with Gasteiger partial charge in [0.05, 0.1) is 5.41 Å². The predicted molar refractivity (Wildman–Crippen MR) is 77.5 cm³/mol. The second kappa shape index (κ2) is 6.24. The first-order chi connectivity index (χ1) is 9.94. The third-order valence-corrected chi connectivity index (χ3v) is 4.31. The van der Waals surface area contributed by atoms with Crippen LogP contribution in [0.3, 0.4) is 0 Å². The van der Waals surface area contributed by atoms with E-state index in [2.05, 4.69) is 5.32 Å². The highest BCUT2D eigenvalue weighted by Crippen LogP contribution is 2.39. The molecular formula is C16H20FNO3. The molecule has 1 aromatic carbocycles. The average molecular weight is 293 g/mol. The highest BCUT2D eigenvalue weighted by Gasteiger charge is 2.41. The number of halogens is 1. The summed E-state index contributed by atoms with van der Waals surface area (Å²) in [6.07, 6.45) is 3.67. The number of hydrogen-bond acceptors (Lipinski definition) is 2. The van der Waals surface area contributed by atoms with E-state index in [1.807, 2.05) is 0 Å². The van der Waals surface area contributed by atoms with Crippen molar-refractivity contribution in [3.63, 3.8) is 0 Å². The molecule has 1 saturated carbocycles. The maximum Gasteiger partial charge on any atom is 0.310 e. The van der Waals surface area contributed by atoms with Crippen LogP contribution in [-0.2, 0) is 9.59 Å². The lowest BCUT2D eigenvalue weighted by molar-refractivity contribution is -0.153. The Bertz CT molecular complexity index is 550. The zero-order valence-electron chi connectivity index (χ0n) is 12.1. The molecule has 2 N–H and O–H groups in total. The average Bonchev–Trinajstić information content (AvgIpc) is 2.44. The van der Waals surface area contributed by atoms with Crippen molar-refractivity contribution < 1.29 is 19.1 Å². The maximum absolute atomic E-state index is 13.4. The number of carbonyl (C=O) groups is 2. The molecule has 1 aliphatic carbocycles. The van der Waals surface area contributed by atoms with Crippen molar-refractivity contribution >= 4 is 17.6 Å². The second-order valence-corrected chi connectivity index (χ2v) is 5.78. The number of carbonyl (C=O) groups excluding carboxylic acids is 1. The minimum atomic E-state index is -0.969. The Balaban J connectivity index is 2.09. The minimum Gasteiger partial charge on any atom is -0.481 e. The van der Waals surface area contributed by atoms with Gasteiger partial charge in [0.2, 0.25) is 5.91 Å². The summed E-state index contributed by atoms with van der Waals surface area (Å²) in [6, 6.07) is 4.46. The summed E-state index contributed by atoms with van der Waals surface area (Å²) in [6.45, 7) is 1.58. The van der Waals surface area contributed by atoms with Gasteiger partial charge in [0.25, 0.3) is 0 Å². The van der Waals surface area contributed by atoms with Gasteiger partial charge in [-0.2, -0.15) is 0 Å². The Labute approximate surface area is 123 Å². The van der Waals surface area contributed by atoms with Gasteiger partial charge < -0.3 is 10.4 Å². The number of amides is 1. The summed E-state index contributed by atoms with van der Waals surface area (Å²) in [5, 5.41) is 12.1. The van der Waals surface area contributed by atoms with Gasteiger partial charge in [-0.15, -0.1) is 0 Å². The fraction of sp³-hybridized carbons (Fsp3) is 0.500. The SMILES string of the molecule is Cc1c(F)cccc1NC(=O)CC1(C(=O)O)CCCCC1. The number of rotatable bonds is 4. The van der Waals surface area contributed by atoms with E-state index in [0.29, 0.717) is 24.1 Å². The molecule has 4 nitrogen and oxygen atoms in total. The van der Waals surface area contributed by atoms with Crippen LogP contribution in [-0.4, -0.2) is 17.0 Å². The second-order valence-electron chi connectivity index (χ2n) is 5.78. The van der Waals surface area contributed by atoms with Gasteiger partial charge in [0, 0.05) is 17.7 Å². The Morgan fingerprint density at radius 3 is 2.57 bits per heavy atom. The standard InChI is InChI=1S/C16H20FNO3/c1-11-12(17)6-5-7-13(11)18-14(19)10-16(15(20)21)8-3-2-4-9-16/h5-7H,2-4,8-10H2,1H3,(H,18,19)(H,20,21). The summed E-state index contributed by atoms with van der Waals surface area (Å²) < 4.78 is 13.4. The lowest BCUT2D eigenvalue weighted by Crippen LogP contribution is -2.37. The number of nitrogens with one attached hydrogen (secondary N) is 1. The summed E-state index contributed by atoms with van der Waals surface area (Å²) in [7, 11) is 0. The molecule has 0 heterocycles. The molecule has 1 amide bonds. The highest BCUT2D eigenvalue weighted by atomic mass is 19.1. The molecule has 1 fully saturated rings. The molecule has 114 valence electrons. The third kappa shape index (κ3) is 3.40. The first-order valence-corrected chi connectivity index (χ1v) is 7.23. The van der Waals surface area contributed by atoms with E-state index in [0.717, 1.165) is 19.3 Å². The monoisotopic (exact) mass is 293 g/mol. The summed E-state index contributed by atoms with van der Waals surface area (Å²) in [4.78, 5) is 23.7. The van der Waals surface area contributed by atoms with Gasteiger partial charge in [0.15, 0.2) is 0 Å². The molecule has 0 atom stereocenters. The van der Waals surface area contributed by atoms with Crippen LogP contribution in [0.15, 0.2) is 18.2 Å². The van der Waals surface area contributed by atoms with Crippen LogP contribution in [0.5, 0.6) is 0 Å². The molecule has 1 aromatic rings. The summed E-state index contributed by atoms with van der Waals surface area (Å²) >= 11 is 0. The van der Waals surface area contributed by atoms with Crippen molar-refractivity contribution in [3.05, 3.63) is 29.6 Å². The first-order valence-electron chi connectivity index (χ1n) is 7.23. The quantitative estimate of drug-likeness (QED) is 0.893.